The van der Waals surface area contributed by atoms with Gasteiger partial charge >= 0.3 is 0 Å². The Morgan fingerprint density at radius 1 is 1.29 bits per heavy atom. The van der Waals surface area contributed by atoms with E-state index >= 15 is 0 Å². The lowest BCUT2D eigenvalue weighted by atomic mass is 9.99. The van der Waals surface area contributed by atoms with E-state index in [1.807, 2.05) is 0 Å². The number of methoxy groups -OCH3 is 1. The number of amides is 1. The van der Waals surface area contributed by atoms with Crippen LogP contribution in [0.1, 0.15) is 31.7 Å². The minimum atomic E-state index is -0.195. The Kier molecular flexibility index (Phi) is 10.4. The van der Waals surface area contributed by atoms with Crippen molar-refractivity contribution in [2.24, 2.45) is 10.7 Å². The van der Waals surface area contributed by atoms with Crippen molar-refractivity contribution in [3.8, 4) is 0 Å². The highest BCUT2D eigenvalue weighted by Crippen LogP contribution is 2.24. The number of allylic oxidation sites excluding steroid dienone is 1. The zero-order valence-electron chi connectivity index (χ0n) is 20.3. The Hall–Kier alpha value is -2.10. The molecule has 2 heterocycles. The Morgan fingerprint density at radius 2 is 1.97 bits per heavy atom. The molecule has 0 saturated carbocycles. The third-order valence-corrected chi connectivity index (χ3v) is 6.79. The molecule has 0 aromatic heterocycles. The molecule has 1 amide bonds. The zero-order valence-corrected chi connectivity index (χ0v) is 21.8. The first-order valence-electron chi connectivity index (χ1n) is 11.7. The number of hydrogen-bond acceptors (Lipinski definition) is 6. The molecule has 2 aliphatic heterocycles. The fraction of sp³-hybridized carbons (Fsp3) is 0.520. The number of hydrogen-bond donors (Lipinski definition) is 2. The van der Waals surface area contributed by atoms with Gasteiger partial charge in [0.1, 0.15) is 18.1 Å². The van der Waals surface area contributed by atoms with Crippen LogP contribution in [0.3, 0.4) is 0 Å². The maximum atomic E-state index is 13.3. The largest absolute Gasteiger partial charge is 0.489 e. The van der Waals surface area contributed by atoms with Crippen LogP contribution < -0.4 is 11.1 Å². The predicted octanol–water partition coefficient (Wildman–Crippen LogP) is 3.67. The molecule has 2 fully saturated rings. The number of ether oxygens (including phenoxy) is 3. The first kappa shape index (κ1) is 27.5. The average Bonchev–Trinajstić information content (AvgIpc) is 2.85. The maximum Gasteiger partial charge on any atom is 0.272 e. The summed E-state index contributed by atoms with van der Waals surface area (Å²) in [7, 11) is 1.71. The number of rotatable bonds is 9. The maximum absolute atomic E-state index is 13.3. The van der Waals surface area contributed by atoms with E-state index in [9.17, 15) is 4.79 Å². The number of nitrogens with one attached hydrogen (secondary N) is 1. The number of nitrogens with two attached hydrogens (primary N) is 1. The summed E-state index contributed by atoms with van der Waals surface area (Å²) in [5.41, 5.74) is 7.09. The molecule has 35 heavy (non-hydrogen) atoms. The Labute approximate surface area is 217 Å². The molecule has 2 saturated heterocycles. The van der Waals surface area contributed by atoms with Gasteiger partial charge in [0, 0.05) is 54.5 Å². The van der Waals surface area contributed by atoms with E-state index in [1.54, 1.807) is 37.1 Å². The average molecular weight is 525 g/mol. The Balaban J connectivity index is 1.59. The minimum absolute atomic E-state index is 0.0495. The molecular weight excluding hydrogens is 491 g/mol. The first-order valence-corrected chi connectivity index (χ1v) is 12.5. The number of carbonyl (C=O) groups is 1. The molecule has 3 rings (SSSR count). The number of carbonyl (C=O) groups excluding carboxylic acids is 1. The highest BCUT2D eigenvalue weighted by Gasteiger charge is 2.31. The van der Waals surface area contributed by atoms with Gasteiger partial charge in [-0.25, -0.2) is 4.99 Å². The molecule has 1 aromatic rings. The van der Waals surface area contributed by atoms with Crippen molar-refractivity contribution in [1.29, 1.82) is 0 Å². The van der Waals surface area contributed by atoms with Crippen LogP contribution >= 0.6 is 23.2 Å². The summed E-state index contributed by atoms with van der Waals surface area (Å²) in [5, 5.41) is 4.73. The summed E-state index contributed by atoms with van der Waals surface area (Å²) in [6, 6.07) is 5.75. The van der Waals surface area contributed by atoms with Crippen molar-refractivity contribution in [1.82, 2.24) is 10.2 Å². The van der Waals surface area contributed by atoms with Gasteiger partial charge in [-0.3, -0.25) is 4.79 Å². The van der Waals surface area contributed by atoms with E-state index < -0.39 is 0 Å². The van der Waals surface area contributed by atoms with Crippen LogP contribution in [0.5, 0.6) is 0 Å². The molecule has 2 unspecified atom stereocenters. The van der Waals surface area contributed by atoms with Crippen LogP contribution in [0.2, 0.25) is 10.0 Å². The molecule has 0 radical (unpaired) electrons. The van der Waals surface area contributed by atoms with Crippen LogP contribution in [0, 0.1) is 0 Å². The van der Waals surface area contributed by atoms with Crippen LogP contribution in [-0.2, 0) is 25.6 Å². The van der Waals surface area contributed by atoms with Gasteiger partial charge in [0.2, 0.25) is 0 Å². The smallest absolute Gasteiger partial charge is 0.272 e. The molecular formula is C25H34Cl2N4O4. The van der Waals surface area contributed by atoms with Crippen molar-refractivity contribution >= 4 is 35.4 Å². The standard InChI is InChI=1S/C25H34Cl2N4O4/c1-16(17(2)35-13-18-10-19(26)12-20(27)11-18)24(29-15-28)25(32)31-7-4-21(5-8-31)30-22-6-9-34-14-23(22)33-3/h10-12,15,21-23,30H,2,4-9,13-14H2,1,3H3,(H2,28,29)/b24-16-. The van der Waals surface area contributed by atoms with E-state index in [4.69, 9.17) is 43.1 Å². The molecule has 8 nitrogen and oxygen atoms in total. The summed E-state index contributed by atoms with van der Waals surface area (Å²) in [6.07, 6.45) is 3.76. The van der Waals surface area contributed by atoms with Gasteiger partial charge < -0.3 is 30.2 Å². The van der Waals surface area contributed by atoms with Crippen molar-refractivity contribution in [2.45, 2.75) is 51.0 Å². The van der Waals surface area contributed by atoms with Crippen molar-refractivity contribution < 1.29 is 19.0 Å². The van der Waals surface area contributed by atoms with Crippen molar-refractivity contribution in [3.63, 3.8) is 0 Å². The third kappa shape index (κ3) is 7.69. The number of aliphatic imine (C=N–C) groups is 1. The molecule has 0 bridgehead atoms. The normalized spacial score (nSPS) is 22.2. The van der Waals surface area contributed by atoms with Crippen molar-refractivity contribution in [3.05, 3.63) is 57.4 Å². The summed E-state index contributed by atoms with van der Waals surface area (Å²) < 4.78 is 16.9. The van der Waals surface area contributed by atoms with E-state index in [-0.39, 0.29) is 30.4 Å². The van der Waals surface area contributed by atoms with Crippen LogP contribution in [0.25, 0.3) is 0 Å². The monoisotopic (exact) mass is 524 g/mol. The third-order valence-electron chi connectivity index (χ3n) is 6.35. The topological polar surface area (TPSA) is 98.4 Å². The van der Waals surface area contributed by atoms with Gasteiger partial charge in [0.25, 0.3) is 5.91 Å². The quantitative estimate of drug-likeness (QED) is 0.168. The lowest BCUT2D eigenvalue weighted by molar-refractivity contribution is -0.128. The summed E-state index contributed by atoms with van der Waals surface area (Å²) in [4.78, 5) is 19.2. The summed E-state index contributed by atoms with van der Waals surface area (Å²) in [5.74, 6) is 0.135. The highest BCUT2D eigenvalue weighted by molar-refractivity contribution is 6.34. The lowest BCUT2D eigenvalue weighted by Gasteiger charge is -2.38. The molecule has 10 heteroatoms. The molecule has 192 valence electrons. The van der Waals surface area contributed by atoms with Crippen LogP contribution in [-0.4, -0.2) is 68.7 Å². The Morgan fingerprint density at radius 3 is 2.60 bits per heavy atom. The van der Waals surface area contributed by atoms with Gasteiger partial charge in [0.05, 0.1) is 19.0 Å². The van der Waals surface area contributed by atoms with E-state index in [1.165, 1.54) is 0 Å². The van der Waals surface area contributed by atoms with Gasteiger partial charge in [-0.1, -0.05) is 29.8 Å². The molecule has 2 atom stereocenters. The Bertz CT molecular complexity index is 941. The molecule has 3 N–H and O–H groups in total. The number of halogens is 2. The second kappa shape index (κ2) is 13.3. The first-order chi connectivity index (χ1) is 16.8. The number of likely N-dealkylation sites (tertiary alicyclic amines) is 1. The predicted molar refractivity (Wildman–Crippen MR) is 139 cm³/mol. The molecule has 0 aliphatic carbocycles. The second-order valence-electron chi connectivity index (χ2n) is 8.72. The van der Waals surface area contributed by atoms with Gasteiger partial charge in [0.15, 0.2) is 0 Å². The van der Waals surface area contributed by atoms with Gasteiger partial charge in [-0.2, -0.15) is 0 Å². The van der Waals surface area contributed by atoms with E-state index in [2.05, 4.69) is 16.9 Å². The van der Waals surface area contributed by atoms with Gasteiger partial charge in [-0.15, -0.1) is 0 Å². The minimum Gasteiger partial charge on any atom is -0.489 e. The van der Waals surface area contributed by atoms with Crippen molar-refractivity contribution in [2.75, 3.05) is 33.4 Å². The number of benzene rings is 1. The lowest BCUT2D eigenvalue weighted by Crippen LogP contribution is -2.54. The molecule has 0 spiro atoms. The zero-order chi connectivity index (χ0) is 25.4. The SMILES string of the molecule is C=C(OCc1cc(Cl)cc(Cl)c1)/C(C)=C(\N=C/N)C(=O)N1CCC(NC2CCOCC2OC)CC1. The van der Waals surface area contributed by atoms with E-state index in [0.717, 1.165) is 37.8 Å². The number of nitrogens with zero attached hydrogens (tertiary/aromatic N) is 2. The summed E-state index contributed by atoms with van der Waals surface area (Å²) in [6.45, 7) is 8.49. The number of piperidine rings is 1. The van der Waals surface area contributed by atoms with E-state index in [0.29, 0.717) is 47.1 Å². The van der Waals surface area contributed by atoms with Crippen LogP contribution in [0.4, 0.5) is 0 Å². The fourth-order valence-electron chi connectivity index (χ4n) is 4.33. The molecule has 1 aromatic carbocycles. The fourth-order valence-corrected chi connectivity index (χ4v) is 4.90. The molecule has 2 aliphatic rings. The highest BCUT2D eigenvalue weighted by atomic mass is 35.5. The summed E-state index contributed by atoms with van der Waals surface area (Å²) >= 11 is 12.1. The van der Waals surface area contributed by atoms with Gasteiger partial charge in [-0.05, 0) is 49.9 Å². The van der Waals surface area contributed by atoms with Crippen LogP contribution in [0.15, 0.2) is 46.8 Å². The second-order valence-corrected chi connectivity index (χ2v) is 9.59.